The van der Waals surface area contributed by atoms with Gasteiger partial charge in [0, 0.05) is 12.2 Å². The number of halogens is 1. The Hall–Kier alpha value is -2.02. The molecular formula is C23H30ClN3O2S. The molecule has 3 rings (SSSR count). The molecule has 0 saturated heterocycles. The minimum absolute atomic E-state index is 0. The average Bonchev–Trinajstić information content (AvgIpc) is 2.76. The summed E-state index contributed by atoms with van der Waals surface area (Å²) < 4.78 is 0. The molecule has 2 atom stereocenters. The molecule has 1 heterocycles. The number of anilines is 1. The summed E-state index contributed by atoms with van der Waals surface area (Å²) in [5.74, 6) is 0.503. The molecule has 1 aliphatic rings. The number of fused-ring (bicyclic) bond motifs is 1. The summed E-state index contributed by atoms with van der Waals surface area (Å²) in [4.78, 5) is 25.7. The van der Waals surface area contributed by atoms with Crippen LogP contribution in [0.3, 0.4) is 0 Å². The molecule has 3 N–H and O–H groups in total. The van der Waals surface area contributed by atoms with Crippen LogP contribution in [0.5, 0.6) is 0 Å². The molecule has 0 radical (unpaired) electrons. The average molecular weight is 448 g/mol. The van der Waals surface area contributed by atoms with E-state index in [4.69, 9.17) is 0 Å². The summed E-state index contributed by atoms with van der Waals surface area (Å²) in [6.07, 6.45) is 4.18. The van der Waals surface area contributed by atoms with Gasteiger partial charge in [-0.15, -0.1) is 12.4 Å². The molecule has 5 nitrogen and oxygen atoms in total. The quantitative estimate of drug-likeness (QED) is 0.578. The molecule has 162 valence electrons. The number of hydrogen-bond acceptors (Lipinski definition) is 4. The molecule has 0 aliphatic carbocycles. The Balaban J connectivity index is 0.00000320. The largest absolute Gasteiger partial charge is 0.343 e. The van der Waals surface area contributed by atoms with Crippen LogP contribution < -0.4 is 16.0 Å². The number of rotatable bonds is 8. The van der Waals surface area contributed by atoms with Crippen molar-refractivity contribution in [2.24, 2.45) is 0 Å². The molecule has 2 aromatic carbocycles. The molecular weight excluding hydrogens is 418 g/mol. The van der Waals surface area contributed by atoms with E-state index in [0.29, 0.717) is 19.4 Å². The SMILES string of the molecule is CCc1ccc(NC(=O)[C@H](CCSC)NC(=O)[C@@H]2Cc3ccccc3CN2)cc1.Cl. The number of amides is 2. The Morgan fingerprint density at radius 3 is 2.50 bits per heavy atom. The summed E-state index contributed by atoms with van der Waals surface area (Å²) in [6.45, 7) is 2.76. The first kappa shape index (κ1) is 24.3. The van der Waals surface area contributed by atoms with Crippen molar-refractivity contribution in [3.05, 3.63) is 65.2 Å². The second-order valence-corrected chi connectivity index (χ2v) is 8.27. The Bertz CT molecular complexity index is 845. The molecule has 0 spiro atoms. The number of benzene rings is 2. The van der Waals surface area contributed by atoms with E-state index in [1.165, 1.54) is 16.7 Å². The number of carbonyl (C=O) groups is 2. The Labute approximate surface area is 189 Å². The van der Waals surface area contributed by atoms with Gasteiger partial charge in [-0.25, -0.2) is 0 Å². The maximum atomic E-state index is 12.9. The highest BCUT2D eigenvalue weighted by atomic mass is 35.5. The molecule has 30 heavy (non-hydrogen) atoms. The van der Waals surface area contributed by atoms with Crippen LogP contribution >= 0.6 is 24.2 Å². The van der Waals surface area contributed by atoms with Crippen molar-refractivity contribution >= 4 is 41.7 Å². The highest BCUT2D eigenvalue weighted by Crippen LogP contribution is 2.17. The standard InChI is InChI=1S/C23H29N3O2S.ClH/c1-3-16-8-10-19(11-9-16)25-22(27)20(12-13-29-2)26-23(28)21-14-17-6-4-5-7-18(17)15-24-21;/h4-11,20-21,24H,3,12-15H2,1-2H3,(H,25,27)(H,26,28);1H/t20-,21-;/m0./s1. The molecule has 2 amide bonds. The van der Waals surface area contributed by atoms with Crippen molar-refractivity contribution in [1.29, 1.82) is 0 Å². The van der Waals surface area contributed by atoms with Crippen molar-refractivity contribution < 1.29 is 9.59 Å². The van der Waals surface area contributed by atoms with Crippen LogP contribution in [-0.4, -0.2) is 35.9 Å². The lowest BCUT2D eigenvalue weighted by Crippen LogP contribution is -2.53. The van der Waals surface area contributed by atoms with Crippen LogP contribution in [0.2, 0.25) is 0 Å². The van der Waals surface area contributed by atoms with Gasteiger partial charge < -0.3 is 16.0 Å². The zero-order valence-corrected chi connectivity index (χ0v) is 19.1. The van der Waals surface area contributed by atoms with Crippen molar-refractivity contribution in [1.82, 2.24) is 10.6 Å². The number of thioether (sulfide) groups is 1. The third-order valence-electron chi connectivity index (χ3n) is 5.27. The molecule has 0 bridgehead atoms. The number of hydrogen-bond donors (Lipinski definition) is 3. The van der Waals surface area contributed by atoms with Gasteiger partial charge in [0.15, 0.2) is 0 Å². The Kier molecular flexibility index (Phi) is 9.69. The van der Waals surface area contributed by atoms with E-state index in [1.54, 1.807) is 11.8 Å². The van der Waals surface area contributed by atoms with E-state index in [9.17, 15) is 9.59 Å². The van der Waals surface area contributed by atoms with E-state index in [-0.39, 0.29) is 30.3 Å². The highest BCUT2D eigenvalue weighted by Gasteiger charge is 2.28. The maximum absolute atomic E-state index is 12.9. The van der Waals surface area contributed by atoms with Crippen LogP contribution in [0.25, 0.3) is 0 Å². The molecule has 0 unspecified atom stereocenters. The summed E-state index contributed by atoms with van der Waals surface area (Å²) in [5.41, 5.74) is 4.38. The summed E-state index contributed by atoms with van der Waals surface area (Å²) >= 11 is 1.67. The van der Waals surface area contributed by atoms with Gasteiger partial charge in [-0.2, -0.15) is 11.8 Å². The first-order valence-electron chi connectivity index (χ1n) is 10.1. The summed E-state index contributed by atoms with van der Waals surface area (Å²) in [5, 5.41) is 9.20. The van der Waals surface area contributed by atoms with E-state index in [1.807, 2.05) is 42.7 Å². The minimum atomic E-state index is -0.556. The number of aryl methyl sites for hydroxylation is 1. The zero-order valence-electron chi connectivity index (χ0n) is 17.4. The van der Waals surface area contributed by atoms with Crippen LogP contribution in [0.1, 0.15) is 30.0 Å². The fraction of sp³-hybridized carbons (Fsp3) is 0.391. The van der Waals surface area contributed by atoms with Crippen LogP contribution in [0.15, 0.2) is 48.5 Å². The second-order valence-electron chi connectivity index (χ2n) is 7.29. The van der Waals surface area contributed by atoms with Gasteiger partial charge in [-0.3, -0.25) is 9.59 Å². The molecule has 0 fully saturated rings. The Morgan fingerprint density at radius 1 is 1.13 bits per heavy atom. The van der Waals surface area contributed by atoms with Crippen LogP contribution in [0, 0.1) is 0 Å². The molecule has 0 saturated carbocycles. The predicted octanol–water partition coefficient (Wildman–Crippen LogP) is 3.56. The predicted molar refractivity (Wildman–Crippen MR) is 127 cm³/mol. The fourth-order valence-corrected chi connectivity index (χ4v) is 3.94. The maximum Gasteiger partial charge on any atom is 0.246 e. The minimum Gasteiger partial charge on any atom is -0.343 e. The normalized spacial score (nSPS) is 16.0. The first-order chi connectivity index (χ1) is 14.1. The van der Waals surface area contributed by atoms with Gasteiger partial charge in [-0.1, -0.05) is 43.3 Å². The lowest BCUT2D eigenvalue weighted by molar-refractivity contribution is -0.128. The van der Waals surface area contributed by atoms with E-state index >= 15 is 0 Å². The lowest BCUT2D eigenvalue weighted by atomic mass is 9.95. The van der Waals surface area contributed by atoms with Crippen molar-refractivity contribution in [2.45, 2.75) is 44.8 Å². The lowest BCUT2D eigenvalue weighted by Gasteiger charge is -2.27. The van der Waals surface area contributed by atoms with Crippen LogP contribution in [0.4, 0.5) is 5.69 Å². The smallest absolute Gasteiger partial charge is 0.246 e. The van der Waals surface area contributed by atoms with E-state index in [2.05, 4.69) is 35.0 Å². The third kappa shape index (κ3) is 6.49. The van der Waals surface area contributed by atoms with Gasteiger partial charge in [-0.05, 0) is 60.1 Å². The second kappa shape index (κ2) is 12.0. The van der Waals surface area contributed by atoms with Crippen molar-refractivity contribution in [3.8, 4) is 0 Å². The van der Waals surface area contributed by atoms with Gasteiger partial charge in [0.1, 0.15) is 6.04 Å². The molecule has 7 heteroatoms. The van der Waals surface area contributed by atoms with Crippen molar-refractivity contribution in [3.63, 3.8) is 0 Å². The third-order valence-corrected chi connectivity index (χ3v) is 5.92. The van der Waals surface area contributed by atoms with Gasteiger partial charge in [0.25, 0.3) is 0 Å². The summed E-state index contributed by atoms with van der Waals surface area (Å²) in [6, 6.07) is 15.1. The molecule has 1 aliphatic heterocycles. The van der Waals surface area contributed by atoms with Gasteiger partial charge in [0.2, 0.25) is 11.8 Å². The number of carbonyl (C=O) groups excluding carboxylic acids is 2. The van der Waals surface area contributed by atoms with E-state index in [0.717, 1.165) is 17.9 Å². The first-order valence-corrected chi connectivity index (χ1v) is 11.5. The molecule has 2 aromatic rings. The van der Waals surface area contributed by atoms with Gasteiger partial charge >= 0.3 is 0 Å². The van der Waals surface area contributed by atoms with Crippen molar-refractivity contribution in [2.75, 3.05) is 17.3 Å². The Morgan fingerprint density at radius 2 is 1.83 bits per heavy atom. The molecule has 0 aromatic heterocycles. The van der Waals surface area contributed by atoms with Gasteiger partial charge in [0.05, 0.1) is 6.04 Å². The van der Waals surface area contributed by atoms with Crippen LogP contribution in [-0.2, 0) is 29.0 Å². The fourth-order valence-electron chi connectivity index (χ4n) is 3.47. The summed E-state index contributed by atoms with van der Waals surface area (Å²) in [7, 11) is 0. The monoisotopic (exact) mass is 447 g/mol. The number of nitrogens with one attached hydrogen (secondary N) is 3. The van der Waals surface area contributed by atoms with E-state index < -0.39 is 6.04 Å². The highest BCUT2D eigenvalue weighted by molar-refractivity contribution is 7.98. The topological polar surface area (TPSA) is 70.2 Å². The zero-order chi connectivity index (χ0) is 20.6.